The van der Waals surface area contributed by atoms with Crippen LogP contribution in [0.4, 0.5) is 0 Å². The number of aryl methyl sites for hydroxylation is 1. The van der Waals surface area contributed by atoms with Crippen molar-refractivity contribution in [3.8, 4) is 0 Å². The predicted octanol–water partition coefficient (Wildman–Crippen LogP) is 6.26. The SMILES string of the molecule is CC(C)c1ccc(CN2CCCn3cccc3[C@H]2c2cccc(Cl)c2)cc1. The lowest BCUT2D eigenvalue weighted by atomic mass is 9.99. The Bertz CT molecular complexity index is 895. The van der Waals surface area contributed by atoms with Gasteiger partial charge < -0.3 is 4.57 Å². The maximum Gasteiger partial charge on any atom is 0.0759 e. The van der Waals surface area contributed by atoms with Crippen LogP contribution >= 0.6 is 11.6 Å². The van der Waals surface area contributed by atoms with Crippen molar-refractivity contribution in [2.24, 2.45) is 0 Å². The number of fused-ring (bicyclic) bond motifs is 1. The highest BCUT2D eigenvalue weighted by molar-refractivity contribution is 6.30. The summed E-state index contributed by atoms with van der Waals surface area (Å²) in [7, 11) is 0. The molecule has 0 spiro atoms. The topological polar surface area (TPSA) is 8.17 Å². The third-order valence-corrected chi connectivity index (χ3v) is 5.79. The van der Waals surface area contributed by atoms with Gasteiger partial charge in [-0.15, -0.1) is 0 Å². The lowest BCUT2D eigenvalue weighted by Gasteiger charge is -2.31. The van der Waals surface area contributed by atoms with E-state index in [-0.39, 0.29) is 6.04 Å². The summed E-state index contributed by atoms with van der Waals surface area (Å²) in [5.74, 6) is 0.569. The molecule has 1 atom stereocenters. The summed E-state index contributed by atoms with van der Waals surface area (Å²) in [5, 5.41) is 0.802. The van der Waals surface area contributed by atoms with E-state index in [1.165, 1.54) is 22.4 Å². The summed E-state index contributed by atoms with van der Waals surface area (Å²) < 4.78 is 2.40. The van der Waals surface area contributed by atoms with Crippen LogP contribution in [-0.4, -0.2) is 16.0 Å². The fraction of sp³-hybridized carbons (Fsp3) is 0.333. The van der Waals surface area contributed by atoms with Crippen LogP contribution in [0.1, 0.15) is 54.6 Å². The second kappa shape index (κ2) is 7.92. The van der Waals surface area contributed by atoms with E-state index in [2.05, 4.69) is 84.1 Å². The highest BCUT2D eigenvalue weighted by atomic mass is 35.5. The molecule has 0 saturated heterocycles. The lowest BCUT2D eigenvalue weighted by molar-refractivity contribution is 0.220. The van der Waals surface area contributed by atoms with Crippen LogP contribution in [-0.2, 0) is 13.1 Å². The van der Waals surface area contributed by atoms with Crippen LogP contribution in [0.3, 0.4) is 0 Å². The van der Waals surface area contributed by atoms with Gasteiger partial charge in [0, 0.05) is 36.5 Å². The lowest BCUT2D eigenvalue weighted by Crippen LogP contribution is -2.29. The Morgan fingerprint density at radius 3 is 2.56 bits per heavy atom. The van der Waals surface area contributed by atoms with Crippen molar-refractivity contribution in [2.75, 3.05) is 6.54 Å². The van der Waals surface area contributed by atoms with Crippen LogP contribution < -0.4 is 0 Å². The van der Waals surface area contributed by atoms with E-state index in [4.69, 9.17) is 11.6 Å². The van der Waals surface area contributed by atoms with Crippen molar-refractivity contribution in [3.63, 3.8) is 0 Å². The van der Waals surface area contributed by atoms with Crippen molar-refractivity contribution in [1.82, 2.24) is 9.47 Å². The summed E-state index contributed by atoms with van der Waals surface area (Å²) in [6, 6.07) is 22.1. The van der Waals surface area contributed by atoms with Gasteiger partial charge in [-0.05, 0) is 53.3 Å². The Hall–Kier alpha value is -2.03. The number of nitrogens with zero attached hydrogens (tertiary/aromatic N) is 2. The number of hydrogen-bond acceptors (Lipinski definition) is 1. The van der Waals surface area contributed by atoms with Crippen LogP contribution in [0.15, 0.2) is 66.9 Å². The van der Waals surface area contributed by atoms with Gasteiger partial charge >= 0.3 is 0 Å². The molecular weight excluding hydrogens is 352 g/mol. The van der Waals surface area contributed by atoms with E-state index >= 15 is 0 Å². The third-order valence-electron chi connectivity index (χ3n) is 5.55. The second-order valence-electron chi connectivity index (χ2n) is 7.80. The van der Waals surface area contributed by atoms with Gasteiger partial charge in [0.25, 0.3) is 0 Å². The molecule has 2 nitrogen and oxygen atoms in total. The third kappa shape index (κ3) is 3.97. The predicted molar refractivity (Wildman–Crippen MR) is 113 cm³/mol. The Labute approximate surface area is 167 Å². The molecule has 2 aromatic carbocycles. The zero-order valence-corrected chi connectivity index (χ0v) is 16.9. The molecule has 0 saturated carbocycles. The average molecular weight is 379 g/mol. The van der Waals surface area contributed by atoms with Crippen LogP contribution in [0.2, 0.25) is 5.02 Å². The first-order chi connectivity index (χ1) is 13.1. The molecule has 0 fully saturated rings. The van der Waals surface area contributed by atoms with Crippen molar-refractivity contribution in [3.05, 3.63) is 94.3 Å². The molecule has 0 radical (unpaired) electrons. The van der Waals surface area contributed by atoms with Crippen molar-refractivity contribution >= 4 is 11.6 Å². The molecule has 0 unspecified atom stereocenters. The van der Waals surface area contributed by atoms with Crippen LogP contribution in [0.5, 0.6) is 0 Å². The summed E-state index contributed by atoms with van der Waals surface area (Å²) in [6.45, 7) is 7.58. The zero-order valence-electron chi connectivity index (χ0n) is 16.1. The Morgan fingerprint density at radius 2 is 1.81 bits per heavy atom. The maximum atomic E-state index is 6.34. The molecule has 3 aromatic rings. The maximum absolute atomic E-state index is 6.34. The molecule has 4 rings (SSSR count). The van der Waals surface area contributed by atoms with E-state index in [0.29, 0.717) is 5.92 Å². The highest BCUT2D eigenvalue weighted by Gasteiger charge is 2.27. The Kier molecular flexibility index (Phi) is 5.38. The van der Waals surface area contributed by atoms with E-state index in [1.807, 2.05) is 6.07 Å². The number of halogens is 1. The average Bonchev–Trinajstić information content (AvgIpc) is 3.03. The van der Waals surface area contributed by atoms with Crippen molar-refractivity contribution in [2.45, 2.75) is 45.3 Å². The first kappa shape index (κ1) is 18.3. The first-order valence-corrected chi connectivity index (χ1v) is 10.2. The monoisotopic (exact) mass is 378 g/mol. The molecule has 1 aliphatic heterocycles. The van der Waals surface area contributed by atoms with Crippen LogP contribution in [0.25, 0.3) is 0 Å². The highest BCUT2D eigenvalue weighted by Crippen LogP contribution is 2.34. The standard InChI is InChI=1S/C24H27ClN2/c1-18(2)20-11-9-19(10-12-20)17-27-15-5-14-26-13-4-8-23(26)24(27)21-6-3-7-22(25)16-21/h3-4,6-13,16,18,24H,5,14-15,17H2,1-2H3/t24-/m1/s1. The molecule has 140 valence electrons. The summed E-state index contributed by atoms with van der Waals surface area (Å²) in [6.07, 6.45) is 3.36. The van der Waals surface area contributed by atoms with Gasteiger partial charge in [-0.3, -0.25) is 4.90 Å². The number of rotatable bonds is 4. The number of aromatic nitrogens is 1. The van der Waals surface area contributed by atoms with E-state index < -0.39 is 0 Å². The first-order valence-electron chi connectivity index (χ1n) is 9.85. The number of benzene rings is 2. The van der Waals surface area contributed by atoms with E-state index in [1.54, 1.807) is 0 Å². The smallest absolute Gasteiger partial charge is 0.0759 e. The van der Waals surface area contributed by atoms with Gasteiger partial charge in [0.05, 0.1) is 6.04 Å². The normalized spacial score (nSPS) is 17.7. The second-order valence-corrected chi connectivity index (χ2v) is 8.24. The Morgan fingerprint density at radius 1 is 1.00 bits per heavy atom. The Balaban J connectivity index is 1.68. The molecule has 0 bridgehead atoms. The zero-order chi connectivity index (χ0) is 18.8. The van der Waals surface area contributed by atoms with Gasteiger partial charge in [0.15, 0.2) is 0 Å². The molecule has 0 amide bonds. The van der Waals surface area contributed by atoms with Gasteiger partial charge in [-0.25, -0.2) is 0 Å². The minimum absolute atomic E-state index is 0.228. The fourth-order valence-electron chi connectivity index (χ4n) is 4.11. The molecule has 3 heteroatoms. The summed E-state index contributed by atoms with van der Waals surface area (Å²) >= 11 is 6.34. The quantitative estimate of drug-likeness (QED) is 0.520. The molecular formula is C24H27ClN2. The van der Waals surface area contributed by atoms with Crippen molar-refractivity contribution < 1.29 is 0 Å². The minimum atomic E-state index is 0.228. The molecule has 1 aromatic heterocycles. The number of hydrogen-bond donors (Lipinski definition) is 0. The molecule has 27 heavy (non-hydrogen) atoms. The molecule has 0 aliphatic carbocycles. The van der Waals surface area contributed by atoms with Gasteiger partial charge in [0.2, 0.25) is 0 Å². The van der Waals surface area contributed by atoms with Crippen molar-refractivity contribution in [1.29, 1.82) is 0 Å². The van der Waals surface area contributed by atoms with Gasteiger partial charge in [-0.1, -0.05) is 61.8 Å². The van der Waals surface area contributed by atoms with Crippen LogP contribution in [0, 0.1) is 0 Å². The minimum Gasteiger partial charge on any atom is -0.350 e. The molecule has 1 aliphatic rings. The van der Waals surface area contributed by atoms with Gasteiger partial charge in [0.1, 0.15) is 0 Å². The largest absolute Gasteiger partial charge is 0.350 e. The fourth-order valence-corrected chi connectivity index (χ4v) is 4.31. The summed E-state index contributed by atoms with van der Waals surface area (Å²) in [5.41, 5.74) is 5.39. The molecule has 0 N–H and O–H groups in total. The summed E-state index contributed by atoms with van der Waals surface area (Å²) in [4.78, 5) is 2.59. The van der Waals surface area contributed by atoms with Gasteiger partial charge in [-0.2, -0.15) is 0 Å². The molecule has 2 heterocycles. The van der Waals surface area contributed by atoms with E-state index in [0.717, 1.165) is 31.1 Å². The van der Waals surface area contributed by atoms with E-state index in [9.17, 15) is 0 Å².